The van der Waals surface area contributed by atoms with Crippen LogP contribution in [-0.4, -0.2) is 68.4 Å². The number of halogens is 1. The molecule has 6 atom stereocenters. The zero-order valence-electron chi connectivity index (χ0n) is 22.5. The molecule has 1 saturated carbocycles. The number of rotatable bonds is 9. The molecule has 3 heterocycles. The first-order chi connectivity index (χ1) is 18.0. The summed E-state index contributed by atoms with van der Waals surface area (Å²) in [5, 5.41) is 21.5. The summed E-state index contributed by atoms with van der Waals surface area (Å²) in [4.78, 5) is 2.28. The Bertz CT molecular complexity index is 987. The van der Waals surface area contributed by atoms with E-state index in [1.165, 1.54) is 25.7 Å². The second-order valence-electron chi connectivity index (χ2n) is 11.4. The number of hydrogen-bond donors (Lipinski definition) is 3. The molecule has 0 amide bonds. The van der Waals surface area contributed by atoms with Crippen LogP contribution >= 0.6 is 0 Å². The van der Waals surface area contributed by atoms with Crippen LogP contribution in [0.5, 0.6) is 0 Å². The second-order valence-corrected chi connectivity index (χ2v) is 11.4. The summed E-state index contributed by atoms with van der Waals surface area (Å²) in [6, 6.07) is 0.885. The van der Waals surface area contributed by atoms with Crippen LogP contribution in [0.1, 0.15) is 89.2 Å². The summed E-state index contributed by atoms with van der Waals surface area (Å²) < 4.78 is 17.4. The van der Waals surface area contributed by atoms with Crippen molar-refractivity contribution in [2.45, 2.75) is 114 Å². The number of likely N-dealkylation sites (tertiary alicyclic amines) is 1. The van der Waals surface area contributed by atoms with E-state index >= 15 is 4.39 Å². The van der Waals surface area contributed by atoms with Gasteiger partial charge in [0.2, 0.25) is 0 Å². The Morgan fingerprint density at radius 3 is 2.86 bits per heavy atom. The molecular formula is C29H45FN6O. The van der Waals surface area contributed by atoms with Gasteiger partial charge in [-0.3, -0.25) is 14.9 Å². The maximum atomic E-state index is 15.4. The van der Waals surface area contributed by atoms with Gasteiger partial charge in [0.25, 0.3) is 0 Å². The Labute approximate surface area is 221 Å². The highest BCUT2D eigenvalue weighted by Gasteiger charge is 2.36. The van der Waals surface area contributed by atoms with Crippen molar-refractivity contribution >= 4 is 0 Å². The number of aromatic nitrogens is 2. The molecule has 7 nitrogen and oxygen atoms in total. The van der Waals surface area contributed by atoms with Gasteiger partial charge in [0.15, 0.2) is 0 Å². The third-order valence-electron chi connectivity index (χ3n) is 8.83. The fraction of sp³-hybridized carbons (Fsp3) is 0.690. The van der Waals surface area contributed by atoms with E-state index in [1.54, 1.807) is 12.2 Å². The Hall–Kier alpha value is -1.84. The molecule has 0 radical (unpaired) electrons. The lowest BCUT2D eigenvalue weighted by Crippen LogP contribution is -2.64. The summed E-state index contributed by atoms with van der Waals surface area (Å²) in [5.41, 5.74) is 5.27. The summed E-state index contributed by atoms with van der Waals surface area (Å²) in [7, 11) is 0. The number of nitrogens with zero attached hydrogens (tertiary/aromatic N) is 4. The molecule has 0 spiro atoms. The average Bonchev–Trinajstić information content (AvgIpc) is 3.69. The monoisotopic (exact) mass is 512 g/mol. The van der Waals surface area contributed by atoms with Crippen molar-refractivity contribution in [2.24, 2.45) is 0 Å². The van der Waals surface area contributed by atoms with Gasteiger partial charge in [-0.05, 0) is 63.5 Å². The minimum atomic E-state index is -0.484. The summed E-state index contributed by atoms with van der Waals surface area (Å²) in [5.74, 6) is -0.167. The minimum absolute atomic E-state index is 0.0189. The molecule has 2 saturated heterocycles. The van der Waals surface area contributed by atoms with E-state index in [1.807, 2.05) is 17.0 Å². The molecule has 0 aromatic carbocycles. The molecule has 3 N–H and O–H groups in total. The molecule has 37 heavy (non-hydrogen) atoms. The van der Waals surface area contributed by atoms with E-state index in [0.29, 0.717) is 24.3 Å². The van der Waals surface area contributed by atoms with Crippen molar-refractivity contribution in [3.63, 3.8) is 0 Å². The van der Waals surface area contributed by atoms with Gasteiger partial charge in [0.05, 0.1) is 24.9 Å². The smallest absolute Gasteiger partial charge is 0.124 e. The largest absolute Gasteiger partial charge is 0.377 e. The van der Waals surface area contributed by atoms with E-state index in [9.17, 15) is 5.11 Å². The molecule has 0 bridgehead atoms. The zero-order chi connectivity index (χ0) is 25.9. The van der Waals surface area contributed by atoms with Crippen molar-refractivity contribution < 1.29 is 9.50 Å². The van der Waals surface area contributed by atoms with Crippen LogP contribution in [-0.2, 0) is 0 Å². The van der Waals surface area contributed by atoms with Crippen molar-refractivity contribution in [2.75, 3.05) is 13.2 Å². The minimum Gasteiger partial charge on any atom is -0.377 e. The number of hydrazine groups is 1. The standard InChI is InChI=1S/C29H45FN6O/c1-4-23-16-28(29(37)34-14-8-6-7-9-20(34)3)31-19-36(23)33-27(5-2)25-13-10-21(15-26(25)30)22-17-32-35(18-22)24-11-12-24/h5,13,15,17-18,20-21,23-24,27-29,31,33,37H,2,4,6-12,14,16,19H2,1,3H3/t20?,21-,23?,27+,28+,29-/m0/s1. The third-order valence-corrected chi connectivity index (χ3v) is 8.83. The maximum Gasteiger partial charge on any atom is 0.124 e. The van der Waals surface area contributed by atoms with E-state index in [-0.39, 0.29) is 29.9 Å². The molecule has 4 aliphatic rings. The molecule has 2 aliphatic carbocycles. The van der Waals surface area contributed by atoms with Crippen molar-refractivity contribution in [3.05, 3.63) is 54.2 Å². The quantitative estimate of drug-likeness (QED) is 0.423. The summed E-state index contributed by atoms with van der Waals surface area (Å²) in [6.45, 7) is 9.98. The van der Waals surface area contributed by atoms with Crippen molar-refractivity contribution in [1.29, 1.82) is 0 Å². The fourth-order valence-corrected chi connectivity index (χ4v) is 6.25. The predicted octanol–water partition coefficient (Wildman–Crippen LogP) is 4.53. The van der Waals surface area contributed by atoms with Crippen LogP contribution in [0.4, 0.5) is 4.39 Å². The van der Waals surface area contributed by atoms with Gasteiger partial charge in [-0.25, -0.2) is 14.8 Å². The maximum absolute atomic E-state index is 15.4. The van der Waals surface area contributed by atoms with Crippen LogP contribution in [0.2, 0.25) is 0 Å². The van der Waals surface area contributed by atoms with Crippen LogP contribution < -0.4 is 10.7 Å². The first-order valence-corrected chi connectivity index (χ1v) is 14.4. The highest BCUT2D eigenvalue weighted by Crippen LogP contribution is 2.37. The van der Waals surface area contributed by atoms with E-state index in [2.05, 4.69) is 52.4 Å². The van der Waals surface area contributed by atoms with Crippen molar-refractivity contribution in [3.8, 4) is 0 Å². The SMILES string of the molecule is C=C[C@@H](NN1CN[C@@H]([C@H](O)N2CCCCCC2C)CC1CC)C1=CC[C@H](c2cnn(C3CC3)c2)C=C1F. The van der Waals surface area contributed by atoms with Crippen LogP contribution in [0, 0.1) is 0 Å². The first-order valence-electron chi connectivity index (χ1n) is 14.4. The number of allylic oxidation sites excluding steroid dienone is 2. The number of hydrogen-bond acceptors (Lipinski definition) is 6. The highest BCUT2D eigenvalue weighted by molar-refractivity contribution is 5.40. The third kappa shape index (κ3) is 6.09. The Morgan fingerprint density at radius 1 is 1.30 bits per heavy atom. The summed E-state index contributed by atoms with van der Waals surface area (Å²) in [6.07, 6.45) is 18.7. The highest BCUT2D eigenvalue weighted by atomic mass is 19.1. The molecule has 2 aliphatic heterocycles. The normalized spacial score (nSPS) is 31.8. The first kappa shape index (κ1) is 26.8. The van der Waals surface area contributed by atoms with Crippen LogP contribution in [0.15, 0.2) is 48.6 Å². The van der Waals surface area contributed by atoms with Gasteiger partial charge in [-0.2, -0.15) is 5.10 Å². The lowest BCUT2D eigenvalue weighted by molar-refractivity contribution is -0.0732. The van der Waals surface area contributed by atoms with Gasteiger partial charge in [0, 0.05) is 42.4 Å². The topological polar surface area (TPSA) is 68.6 Å². The molecule has 5 rings (SSSR count). The Kier molecular flexibility index (Phi) is 8.61. The van der Waals surface area contributed by atoms with Gasteiger partial charge < -0.3 is 5.11 Å². The molecule has 8 heteroatoms. The van der Waals surface area contributed by atoms with Gasteiger partial charge in [-0.15, -0.1) is 6.58 Å². The number of aliphatic hydroxyl groups is 1. The van der Waals surface area contributed by atoms with Crippen molar-refractivity contribution in [1.82, 2.24) is 30.4 Å². The Morgan fingerprint density at radius 2 is 2.14 bits per heavy atom. The van der Waals surface area contributed by atoms with Gasteiger partial charge in [0.1, 0.15) is 12.1 Å². The van der Waals surface area contributed by atoms with Crippen LogP contribution in [0.3, 0.4) is 0 Å². The van der Waals surface area contributed by atoms with E-state index in [0.717, 1.165) is 44.2 Å². The second kappa shape index (κ2) is 11.9. The molecular weight excluding hydrogens is 467 g/mol. The predicted molar refractivity (Wildman–Crippen MR) is 145 cm³/mol. The molecule has 204 valence electrons. The molecule has 1 aromatic rings. The molecule has 1 aromatic heterocycles. The fourth-order valence-electron chi connectivity index (χ4n) is 6.25. The van der Waals surface area contributed by atoms with Gasteiger partial charge in [-0.1, -0.05) is 31.9 Å². The lowest BCUT2D eigenvalue weighted by Gasteiger charge is -2.45. The van der Waals surface area contributed by atoms with Gasteiger partial charge >= 0.3 is 0 Å². The van der Waals surface area contributed by atoms with Crippen LogP contribution in [0.25, 0.3) is 0 Å². The molecule has 2 unspecified atom stereocenters. The number of aliphatic hydroxyl groups excluding tert-OH is 1. The molecule has 3 fully saturated rings. The average molecular weight is 513 g/mol. The van der Waals surface area contributed by atoms with E-state index < -0.39 is 6.23 Å². The number of nitrogens with one attached hydrogen (secondary N) is 2. The summed E-state index contributed by atoms with van der Waals surface area (Å²) >= 11 is 0. The van der Waals surface area contributed by atoms with E-state index in [4.69, 9.17) is 0 Å². The Balaban J connectivity index is 1.20. The lowest BCUT2D eigenvalue weighted by atomic mass is 9.89. The zero-order valence-corrected chi connectivity index (χ0v) is 22.5.